The van der Waals surface area contributed by atoms with Crippen LogP contribution in [-0.2, 0) is 24.7 Å². The maximum Gasteiger partial charge on any atom is 0.264 e. The highest BCUT2D eigenvalue weighted by Crippen LogP contribution is 2.30. The Kier molecular flexibility index (Phi) is 8.16. The molecule has 0 radical (unpaired) electrons. The van der Waals surface area contributed by atoms with E-state index in [0.29, 0.717) is 5.56 Å². The summed E-state index contributed by atoms with van der Waals surface area (Å²) >= 11 is 12.2. The van der Waals surface area contributed by atoms with Crippen molar-refractivity contribution in [2.75, 3.05) is 17.1 Å². The number of benzene rings is 3. The second-order valence-corrected chi connectivity index (χ2v) is 12.8. The fourth-order valence-corrected chi connectivity index (χ4v) is 5.89. The van der Waals surface area contributed by atoms with Crippen LogP contribution in [-0.4, -0.2) is 35.5 Å². The molecule has 0 bridgehead atoms. The normalized spacial score (nSPS) is 12.7. The maximum atomic E-state index is 13.5. The molecular formula is C24H24Cl2N2O5S2. The van der Waals surface area contributed by atoms with Crippen molar-refractivity contribution in [2.24, 2.45) is 0 Å². The molecular weight excluding hydrogens is 531 g/mol. The lowest BCUT2D eigenvalue weighted by Gasteiger charge is -2.25. The highest BCUT2D eigenvalue weighted by molar-refractivity contribution is 7.93. The fourth-order valence-electron chi connectivity index (χ4n) is 3.34. The van der Waals surface area contributed by atoms with Gasteiger partial charge in [-0.3, -0.25) is 9.10 Å². The minimum Gasteiger partial charge on any atom is -0.348 e. The van der Waals surface area contributed by atoms with Crippen molar-refractivity contribution in [3.8, 4) is 0 Å². The number of halogens is 2. The number of carbonyl (C=O) groups excluding carboxylic acids is 1. The number of nitrogens with zero attached hydrogens (tertiary/aromatic N) is 1. The first-order chi connectivity index (χ1) is 16.3. The lowest BCUT2D eigenvalue weighted by molar-refractivity contribution is -0.120. The van der Waals surface area contributed by atoms with E-state index in [1.165, 1.54) is 42.5 Å². The molecule has 0 spiro atoms. The molecule has 3 aromatic carbocycles. The monoisotopic (exact) mass is 554 g/mol. The van der Waals surface area contributed by atoms with Gasteiger partial charge < -0.3 is 5.32 Å². The van der Waals surface area contributed by atoms with Crippen molar-refractivity contribution in [1.29, 1.82) is 0 Å². The number of aryl methyl sites for hydroxylation is 1. The first-order valence-corrected chi connectivity index (χ1v) is 14.5. The average Bonchev–Trinajstić information content (AvgIpc) is 2.76. The number of amides is 1. The molecule has 3 aromatic rings. The Hall–Kier alpha value is -2.59. The molecule has 0 aliphatic rings. The van der Waals surface area contributed by atoms with Crippen LogP contribution in [0.5, 0.6) is 0 Å². The molecule has 1 atom stereocenters. The number of hydrogen-bond acceptors (Lipinski definition) is 5. The van der Waals surface area contributed by atoms with Crippen LogP contribution >= 0.6 is 23.2 Å². The van der Waals surface area contributed by atoms with Crippen molar-refractivity contribution in [1.82, 2.24) is 5.32 Å². The second-order valence-electron chi connectivity index (χ2n) is 8.08. The smallest absolute Gasteiger partial charge is 0.264 e. The van der Waals surface area contributed by atoms with Crippen molar-refractivity contribution in [3.05, 3.63) is 87.9 Å². The Morgan fingerprint density at radius 2 is 1.40 bits per heavy atom. The molecule has 0 saturated heterocycles. The Morgan fingerprint density at radius 1 is 0.886 bits per heavy atom. The van der Waals surface area contributed by atoms with Crippen LogP contribution in [0.3, 0.4) is 0 Å². The summed E-state index contributed by atoms with van der Waals surface area (Å²) in [4.78, 5) is 13.1. The maximum absolute atomic E-state index is 13.5. The SMILES string of the molecule is Cc1ccc(S(=O)(=O)N(CC(=O)N[C@H](C)c2ccc(S(C)(=O)=O)cc2)c2cc(Cl)cc(Cl)c2)cc1. The molecule has 0 unspecified atom stereocenters. The number of anilines is 1. The summed E-state index contributed by atoms with van der Waals surface area (Å²) in [5, 5.41) is 3.19. The van der Waals surface area contributed by atoms with Gasteiger partial charge in [0.25, 0.3) is 10.0 Å². The molecule has 1 N–H and O–H groups in total. The van der Waals surface area contributed by atoms with Crippen molar-refractivity contribution in [3.63, 3.8) is 0 Å². The summed E-state index contributed by atoms with van der Waals surface area (Å²) in [5.41, 5.74) is 1.68. The molecule has 0 aliphatic carbocycles. The van der Waals surface area contributed by atoms with Crippen molar-refractivity contribution < 1.29 is 21.6 Å². The zero-order chi connectivity index (χ0) is 26.0. The highest BCUT2D eigenvalue weighted by atomic mass is 35.5. The predicted molar refractivity (Wildman–Crippen MR) is 138 cm³/mol. The van der Waals surface area contributed by atoms with Crippen LogP contribution in [0.2, 0.25) is 10.0 Å². The third kappa shape index (κ3) is 6.76. The minimum atomic E-state index is -4.13. The third-order valence-electron chi connectivity index (χ3n) is 5.22. The van der Waals surface area contributed by atoms with E-state index in [0.717, 1.165) is 16.1 Å². The summed E-state index contributed by atoms with van der Waals surface area (Å²) in [6.07, 6.45) is 1.11. The van der Waals surface area contributed by atoms with E-state index in [1.54, 1.807) is 31.2 Å². The Morgan fingerprint density at radius 3 is 1.91 bits per heavy atom. The molecule has 186 valence electrons. The first kappa shape index (κ1) is 27.0. The zero-order valence-electron chi connectivity index (χ0n) is 19.2. The van der Waals surface area contributed by atoms with E-state index in [-0.39, 0.29) is 25.5 Å². The van der Waals surface area contributed by atoms with Gasteiger partial charge >= 0.3 is 0 Å². The lowest BCUT2D eigenvalue weighted by Crippen LogP contribution is -2.41. The van der Waals surface area contributed by atoms with Crippen LogP contribution in [0.15, 0.2) is 76.5 Å². The van der Waals surface area contributed by atoms with E-state index >= 15 is 0 Å². The van der Waals surface area contributed by atoms with Gasteiger partial charge in [0.1, 0.15) is 6.54 Å². The van der Waals surface area contributed by atoms with E-state index in [1.807, 2.05) is 6.92 Å². The topological polar surface area (TPSA) is 101 Å². The van der Waals surface area contributed by atoms with Crippen LogP contribution in [0.4, 0.5) is 5.69 Å². The zero-order valence-corrected chi connectivity index (χ0v) is 22.3. The Labute approximate surface area is 215 Å². The quantitative estimate of drug-likeness (QED) is 0.431. The standard InChI is InChI=1S/C24H24Cl2N2O5S2/c1-16-4-8-23(9-5-16)35(32,33)28(21-13-19(25)12-20(26)14-21)15-24(29)27-17(2)18-6-10-22(11-7-18)34(3,30)31/h4-14,17H,15H2,1-3H3,(H,27,29)/t17-/m1/s1. The van der Waals surface area contributed by atoms with Crippen molar-refractivity contribution >= 4 is 54.7 Å². The molecule has 0 aromatic heterocycles. The molecule has 1 amide bonds. The highest BCUT2D eigenvalue weighted by Gasteiger charge is 2.28. The number of carbonyl (C=O) groups is 1. The van der Waals surface area contributed by atoms with E-state index in [9.17, 15) is 21.6 Å². The van der Waals surface area contributed by atoms with Crippen LogP contribution in [0.1, 0.15) is 24.1 Å². The second kappa shape index (κ2) is 10.6. The largest absolute Gasteiger partial charge is 0.348 e. The van der Waals surface area contributed by atoms with Gasteiger partial charge in [-0.2, -0.15) is 0 Å². The molecule has 0 aliphatic heterocycles. The summed E-state index contributed by atoms with van der Waals surface area (Å²) in [6.45, 7) is 3.02. The van der Waals surface area contributed by atoms with E-state index in [4.69, 9.17) is 23.2 Å². The van der Waals surface area contributed by atoms with E-state index in [2.05, 4.69) is 5.32 Å². The Bertz CT molecular complexity index is 1420. The molecule has 0 heterocycles. The van der Waals surface area contributed by atoms with Gasteiger partial charge in [0.05, 0.1) is 21.5 Å². The van der Waals surface area contributed by atoms with Gasteiger partial charge in [-0.1, -0.05) is 53.0 Å². The fraction of sp³-hybridized carbons (Fsp3) is 0.208. The molecule has 11 heteroatoms. The number of rotatable bonds is 8. The number of sulfonamides is 1. The summed E-state index contributed by atoms with van der Waals surface area (Å²) in [7, 11) is -7.48. The number of sulfone groups is 1. The lowest BCUT2D eigenvalue weighted by atomic mass is 10.1. The van der Waals surface area contributed by atoms with Crippen LogP contribution in [0, 0.1) is 6.92 Å². The molecule has 7 nitrogen and oxygen atoms in total. The van der Waals surface area contributed by atoms with Gasteiger partial charge in [0, 0.05) is 16.3 Å². The van der Waals surface area contributed by atoms with Crippen molar-refractivity contribution in [2.45, 2.75) is 29.7 Å². The van der Waals surface area contributed by atoms with Gasteiger partial charge in [-0.25, -0.2) is 16.8 Å². The molecule has 35 heavy (non-hydrogen) atoms. The molecule has 0 saturated carbocycles. The summed E-state index contributed by atoms with van der Waals surface area (Å²) in [5.74, 6) is -0.573. The van der Waals surface area contributed by atoms with E-state index < -0.39 is 38.4 Å². The minimum absolute atomic E-state index is 0.0106. The third-order valence-corrected chi connectivity index (χ3v) is 8.57. The average molecular weight is 556 g/mol. The van der Waals surface area contributed by atoms with Crippen LogP contribution in [0.25, 0.3) is 0 Å². The summed E-state index contributed by atoms with van der Waals surface area (Å²) in [6, 6.07) is 16.1. The summed E-state index contributed by atoms with van der Waals surface area (Å²) < 4.78 is 51.3. The van der Waals surface area contributed by atoms with Gasteiger partial charge in [-0.15, -0.1) is 0 Å². The van der Waals surface area contributed by atoms with Crippen LogP contribution < -0.4 is 9.62 Å². The van der Waals surface area contributed by atoms with Gasteiger partial charge in [0.15, 0.2) is 9.84 Å². The Balaban J connectivity index is 1.89. The van der Waals surface area contributed by atoms with Gasteiger partial charge in [-0.05, 0) is 61.9 Å². The number of nitrogens with one attached hydrogen (secondary N) is 1. The molecule has 3 rings (SSSR count). The number of hydrogen-bond donors (Lipinski definition) is 1. The molecule has 0 fully saturated rings. The first-order valence-electron chi connectivity index (χ1n) is 10.4. The van der Waals surface area contributed by atoms with Gasteiger partial charge in [0.2, 0.25) is 5.91 Å². The predicted octanol–water partition coefficient (Wildman–Crippen LogP) is 4.78.